The zero-order valence-corrected chi connectivity index (χ0v) is 47.7. The lowest BCUT2D eigenvalue weighted by Gasteiger charge is -2.33. The van der Waals surface area contributed by atoms with E-state index in [2.05, 4.69) is 44.4 Å². The molecule has 0 heterocycles. The monoisotopic (exact) mass is 953 g/mol. The Kier molecular flexibility index (Phi) is 55.7. The van der Waals surface area contributed by atoms with E-state index in [1.165, 1.54) is 302 Å². The third-order valence-corrected chi connectivity index (χ3v) is 18.5. The van der Waals surface area contributed by atoms with Crippen molar-refractivity contribution in [3.63, 3.8) is 0 Å². The van der Waals surface area contributed by atoms with E-state index in [1.807, 2.05) is 0 Å². The van der Waals surface area contributed by atoms with E-state index < -0.39 is 8.56 Å². The highest BCUT2D eigenvalue weighted by Gasteiger charge is 2.37. The summed E-state index contributed by atoms with van der Waals surface area (Å²) in [6, 6.07) is 2.28. The molecule has 0 amide bonds. The minimum Gasteiger partial charge on any atom is -0.393 e. The standard InChI is InChI=1S/C59H124N2O2SSi/c1-6-11-16-21-26-31-32-37-42-47-58-65(59-48-57-64,62-55-53-60(49-43-38-33-27-22-17-12-7-2)50-44-39-34-28-23-18-13-8-3)63-56-54-61(51-45-40-35-29-24-19-14-9-4)52-46-41-36-30-25-20-15-10-5/h64H,6-59H2,1-5H3. The zero-order chi connectivity index (χ0) is 47.3. The Labute approximate surface area is 418 Å². The molecule has 0 saturated carbocycles. The third kappa shape index (κ3) is 47.8. The van der Waals surface area contributed by atoms with E-state index in [-0.39, 0.29) is 0 Å². The summed E-state index contributed by atoms with van der Waals surface area (Å²) in [6.07, 6.45) is 59.6. The largest absolute Gasteiger partial charge is 0.393 e. The first-order valence-electron chi connectivity index (χ1n) is 30.4. The average molecular weight is 954 g/mol. The van der Waals surface area contributed by atoms with E-state index in [1.54, 1.807) is 0 Å². The molecule has 0 rings (SSSR count). The first kappa shape index (κ1) is 65.4. The summed E-state index contributed by atoms with van der Waals surface area (Å²) in [5.74, 6) is 0.936. The summed E-state index contributed by atoms with van der Waals surface area (Å²) in [6.45, 7) is 20.5. The molecular formula is C59H124N2O2SSi. The van der Waals surface area contributed by atoms with Gasteiger partial charge in [0, 0.05) is 26.3 Å². The van der Waals surface area contributed by atoms with Crippen molar-refractivity contribution in [2.24, 2.45) is 0 Å². The Morgan fingerprint density at radius 2 is 0.477 bits per heavy atom. The summed E-state index contributed by atoms with van der Waals surface area (Å²) in [5.41, 5.74) is 0. The maximum atomic E-state index is 7.32. The highest BCUT2D eigenvalue weighted by atomic mass is 32.1. The van der Waals surface area contributed by atoms with Crippen molar-refractivity contribution < 1.29 is 8.85 Å². The van der Waals surface area contributed by atoms with Crippen LogP contribution in [-0.4, -0.2) is 76.6 Å². The SMILES string of the molecule is CCCCCCCCCCCC[Si](CCCS)(OCCN(CCCCCCCCCC)CCCCCCCCCC)OCCN(CCCCCCCCCC)CCCCCCCCCC. The molecule has 0 saturated heterocycles. The number of rotatable bonds is 58. The first-order chi connectivity index (χ1) is 32.1. The third-order valence-electron chi connectivity index (χ3n) is 14.5. The minimum atomic E-state index is -2.38. The fourth-order valence-electron chi connectivity index (χ4n) is 9.96. The van der Waals surface area contributed by atoms with Crippen LogP contribution in [0.5, 0.6) is 0 Å². The first-order valence-corrected chi connectivity index (χ1v) is 33.3. The quantitative estimate of drug-likeness (QED) is 0.0373. The van der Waals surface area contributed by atoms with Crippen LogP contribution in [0.2, 0.25) is 12.1 Å². The Morgan fingerprint density at radius 3 is 0.723 bits per heavy atom. The van der Waals surface area contributed by atoms with Gasteiger partial charge >= 0.3 is 8.56 Å². The fraction of sp³-hybridized carbons (Fsp3) is 1.00. The highest BCUT2D eigenvalue weighted by molar-refractivity contribution is 7.80. The normalized spacial score (nSPS) is 12.2. The summed E-state index contributed by atoms with van der Waals surface area (Å²) in [5, 5.41) is 0. The van der Waals surface area contributed by atoms with Gasteiger partial charge in [0.15, 0.2) is 0 Å². The lowest BCUT2D eigenvalue weighted by atomic mass is 10.1. The van der Waals surface area contributed by atoms with Gasteiger partial charge in [-0.05, 0) is 76.1 Å². The van der Waals surface area contributed by atoms with Crippen molar-refractivity contribution in [3.05, 3.63) is 0 Å². The van der Waals surface area contributed by atoms with E-state index in [0.29, 0.717) is 0 Å². The molecule has 392 valence electrons. The van der Waals surface area contributed by atoms with Gasteiger partial charge in [-0.3, -0.25) is 0 Å². The van der Waals surface area contributed by atoms with Crippen molar-refractivity contribution in [1.29, 1.82) is 0 Å². The van der Waals surface area contributed by atoms with Gasteiger partial charge in [-0.2, -0.15) is 12.6 Å². The fourth-order valence-corrected chi connectivity index (χ4v) is 13.8. The maximum Gasteiger partial charge on any atom is 0.338 e. The molecule has 0 atom stereocenters. The van der Waals surface area contributed by atoms with Crippen LogP contribution in [0.1, 0.15) is 311 Å². The van der Waals surface area contributed by atoms with Gasteiger partial charge in [0.05, 0.1) is 0 Å². The van der Waals surface area contributed by atoms with Crippen molar-refractivity contribution in [2.75, 3.05) is 58.2 Å². The molecule has 0 spiro atoms. The van der Waals surface area contributed by atoms with Gasteiger partial charge in [0.2, 0.25) is 0 Å². The van der Waals surface area contributed by atoms with Crippen LogP contribution in [0.15, 0.2) is 0 Å². The van der Waals surface area contributed by atoms with E-state index >= 15 is 0 Å². The van der Waals surface area contributed by atoms with Crippen molar-refractivity contribution in [2.45, 2.75) is 323 Å². The molecule has 0 bridgehead atoms. The number of hydrogen-bond acceptors (Lipinski definition) is 5. The molecule has 0 fully saturated rings. The molecule has 0 unspecified atom stereocenters. The molecule has 0 aromatic rings. The zero-order valence-electron chi connectivity index (χ0n) is 45.8. The average Bonchev–Trinajstić information content (AvgIpc) is 3.31. The molecule has 0 aliphatic carbocycles. The minimum absolute atomic E-state index is 0.852. The van der Waals surface area contributed by atoms with Gasteiger partial charge < -0.3 is 18.7 Å². The van der Waals surface area contributed by atoms with Crippen LogP contribution in [0, 0.1) is 0 Å². The molecule has 6 heteroatoms. The molecule has 0 aromatic carbocycles. The maximum absolute atomic E-state index is 7.32. The van der Waals surface area contributed by atoms with Gasteiger partial charge in [-0.1, -0.05) is 279 Å². The van der Waals surface area contributed by atoms with E-state index in [4.69, 9.17) is 21.5 Å². The van der Waals surface area contributed by atoms with Gasteiger partial charge in [0.1, 0.15) is 0 Å². The Morgan fingerprint density at radius 1 is 0.262 bits per heavy atom. The molecule has 0 N–H and O–H groups in total. The molecule has 0 aliphatic rings. The number of hydrogen-bond donors (Lipinski definition) is 1. The van der Waals surface area contributed by atoms with Gasteiger partial charge in [0.25, 0.3) is 0 Å². The van der Waals surface area contributed by atoms with Gasteiger partial charge in [-0.15, -0.1) is 0 Å². The predicted octanol–water partition coefficient (Wildman–Crippen LogP) is 19.9. The molecule has 0 aliphatic heterocycles. The molecule has 65 heavy (non-hydrogen) atoms. The van der Waals surface area contributed by atoms with Crippen LogP contribution < -0.4 is 0 Å². The van der Waals surface area contributed by atoms with Crippen LogP contribution in [0.3, 0.4) is 0 Å². The lowest BCUT2D eigenvalue weighted by Crippen LogP contribution is -2.46. The van der Waals surface area contributed by atoms with Gasteiger partial charge in [-0.25, -0.2) is 0 Å². The second-order valence-corrected chi connectivity index (χ2v) is 24.8. The Hall–Kier alpha value is 0.407. The number of thiol groups is 1. The summed E-state index contributed by atoms with van der Waals surface area (Å²) in [7, 11) is -2.38. The number of unbranched alkanes of at least 4 members (excludes halogenated alkanes) is 37. The van der Waals surface area contributed by atoms with Crippen LogP contribution in [0.4, 0.5) is 0 Å². The summed E-state index contributed by atoms with van der Waals surface area (Å²) >= 11 is 4.77. The van der Waals surface area contributed by atoms with Crippen molar-refractivity contribution in [3.8, 4) is 0 Å². The molecular weight excluding hydrogens is 829 g/mol. The summed E-state index contributed by atoms with van der Waals surface area (Å²) < 4.78 is 14.6. The van der Waals surface area contributed by atoms with Crippen molar-refractivity contribution >= 4 is 21.2 Å². The van der Waals surface area contributed by atoms with Crippen LogP contribution in [-0.2, 0) is 8.85 Å². The topological polar surface area (TPSA) is 24.9 Å². The number of nitrogens with zero attached hydrogens (tertiary/aromatic N) is 2. The predicted molar refractivity (Wildman–Crippen MR) is 301 cm³/mol. The smallest absolute Gasteiger partial charge is 0.338 e. The van der Waals surface area contributed by atoms with Crippen molar-refractivity contribution in [1.82, 2.24) is 9.80 Å². The van der Waals surface area contributed by atoms with Crippen LogP contribution >= 0.6 is 12.6 Å². The Bertz CT molecular complexity index is 776. The van der Waals surface area contributed by atoms with E-state index in [9.17, 15) is 0 Å². The second kappa shape index (κ2) is 55.3. The second-order valence-electron chi connectivity index (χ2n) is 20.9. The van der Waals surface area contributed by atoms with Crippen LogP contribution in [0.25, 0.3) is 0 Å². The lowest BCUT2D eigenvalue weighted by molar-refractivity contribution is 0.122. The Balaban J connectivity index is 5.69. The molecule has 0 radical (unpaired) electrons. The molecule has 4 nitrogen and oxygen atoms in total. The highest BCUT2D eigenvalue weighted by Crippen LogP contribution is 2.26. The van der Waals surface area contributed by atoms with E-state index in [0.717, 1.165) is 44.5 Å². The molecule has 0 aromatic heterocycles. The summed E-state index contributed by atoms with van der Waals surface area (Å²) in [4.78, 5) is 5.59.